The summed E-state index contributed by atoms with van der Waals surface area (Å²) >= 11 is 0. The molecule has 0 bridgehead atoms. The van der Waals surface area contributed by atoms with Crippen molar-refractivity contribution in [1.82, 2.24) is 15.2 Å². The molecule has 27 heavy (non-hydrogen) atoms. The maximum absolute atomic E-state index is 13.3. The maximum atomic E-state index is 13.3. The molecule has 4 rings (SSSR count). The summed E-state index contributed by atoms with van der Waals surface area (Å²) < 4.78 is 13.3. The minimum atomic E-state index is -0.288. The molecule has 2 heterocycles. The van der Waals surface area contributed by atoms with E-state index in [0.29, 0.717) is 17.2 Å². The molecule has 1 aromatic heterocycles. The van der Waals surface area contributed by atoms with Gasteiger partial charge in [-0.1, -0.05) is 18.2 Å². The molecule has 4 nitrogen and oxygen atoms in total. The summed E-state index contributed by atoms with van der Waals surface area (Å²) in [6.07, 6.45) is 1.01. The Morgan fingerprint density at radius 3 is 2.78 bits per heavy atom. The van der Waals surface area contributed by atoms with Gasteiger partial charge < -0.3 is 10.2 Å². The Balaban J connectivity index is 1.75. The summed E-state index contributed by atoms with van der Waals surface area (Å²) in [6, 6.07) is 15.7. The number of aromatic nitrogens is 1. The zero-order valence-corrected chi connectivity index (χ0v) is 15.3. The monoisotopic (exact) mass is 363 g/mol. The third-order valence-electron chi connectivity index (χ3n) is 5.15. The third kappa shape index (κ3) is 3.55. The van der Waals surface area contributed by atoms with Crippen molar-refractivity contribution in [2.24, 2.45) is 5.92 Å². The second-order valence-corrected chi connectivity index (χ2v) is 7.04. The first-order valence-corrected chi connectivity index (χ1v) is 9.25. The molecule has 1 saturated heterocycles. The van der Waals surface area contributed by atoms with Crippen molar-refractivity contribution in [3.63, 3.8) is 0 Å². The van der Waals surface area contributed by atoms with Gasteiger partial charge in [0.05, 0.1) is 16.8 Å². The van der Waals surface area contributed by atoms with Gasteiger partial charge in [0.25, 0.3) is 5.91 Å². The van der Waals surface area contributed by atoms with Gasteiger partial charge in [0.2, 0.25) is 0 Å². The number of hydrogen-bond donors (Lipinski definition) is 1. The van der Waals surface area contributed by atoms with Crippen molar-refractivity contribution >= 4 is 16.8 Å². The fourth-order valence-corrected chi connectivity index (χ4v) is 3.76. The van der Waals surface area contributed by atoms with Crippen molar-refractivity contribution in [2.45, 2.75) is 6.42 Å². The quantitative estimate of drug-likeness (QED) is 0.768. The Kier molecular flexibility index (Phi) is 4.86. The van der Waals surface area contributed by atoms with E-state index >= 15 is 0 Å². The summed E-state index contributed by atoms with van der Waals surface area (Å²) in [5.41, 5.74) is 2.91. The molecule has 0 aliphatic carbocycles. The molecular weight excluding hydrogens is 341 g/mol. The number of carbonyl (C=O) groups is 1. The second-order valence-electron chi connectivity index (χ2n) is 7.04. The number of fused-ring (bicyclic) bond motifs is 1. The molecule has 1 N–H and O–H groups in total. The highest BCUT2D eigenvalue weighted by Crippen LogP contribution is 2.27. The van der Waals surface area contributed by atoms with Gasteiger partial charge in [0.1, 0.15) is 5.82 Å². The number of halogens is 1. The molecule has 5 heteroatoms. The largest absolute Gasteiger partial charge is 0.338 e. The molecule has 0 spiro atoms. The topological polar surface area (TPSA) is 45.2 Å². The lowest BCUT2D eigenvalue weighted by Gasteiger charge is -2.18. The van der Waals surface area contributed by atoms with E-state index < -0.39 is 0 Å². The molecule has 1 fully saturated rings. The lowest BCUT2D eigenvalue weighted by Crippen LogP contribution is -2.30. The van der Waals surface area contributed by atoms with E-state index in [9.17, 15) is 9.18 Å². The Hall–Kier alpha value is -2.79. The van der Waals surface area contributed by atoms with Crippen LogP contribution >= 0.6 is 0 Å². The number of nitrogens with one attached hydrogen (secondary N) is 1. The number of likely N-dealkylation sites (tertiary alicyclic amines) is 1. The number of benzene rings is 2. The van der Waals surface area contributed by atoms with E-state index in [2.05, 4.69) is 10.3 Å². The van der Waals surface area contributed by atoms with Crippen molar-refractivity contribution < 1.29 is 9.18 Å². The van der Waals surface area contributed by atoms with Gasteiger partial charge in [-0.3, -0.25) is 4.79 Å². The predicted molar refractivity (Wildman–Crippen MR) is 105 cm³/mol. The summed E-state index contributed by atoms with van der Waals surface area (Å²) in [6.45, 7) is 2.46. The summed E-state index contributed by atoms with van der Waals surface area (Å²) in [5, 5.41) is 4.05. The Labute approximate surface area is 158 Å². The average molecular weight is 363 g/mol. The van der Waals surface area contributed by atoms with Gasteiger partial charge in [0, 0.05) is 24.0 Å². The molecule has 1 aliphatic heterocycles. The maximum Gasteiger partial charge on any atom is 0.254 e. The van der Waals surface area contributed by atoms with Crippen molar-refractivity contribution in [3.05, 3.63) is 66.0 Å². The van der Waals surface area contributed by atoms with Crippen LogP contribution in [-0.2, 0) is 0 Å². The van der Waals surface area contributed by atoms with Crippen LogP contribution in [0.4, 0.5) is 4.39 Å². The minimum absolute atomic E-state index is 0.0376. The van der Waals surface area contributed by atoms with Gasteiger partial charge in [0.15, 0.2) is 0 Å². The number of pyridine rings is 1. The second kappa shape index (κ2) is 7.45. The predicted octanol–water partition coefficient (Wildman–Crippen LogP) is 3.72. The molecule has 1 amide bonds. The highest BCUT2D eigenvalue weighted by molar-refractivity contribution is 6.07. The molecular formula is C22H22FN3O. The lowest BCUT2D eigenvalue weighted by molar-refractivity contribution is 0.0789. The molecule has 0 saturated carbocycles. The molecule has 0 radical (unpaired) electrons. The number of para-hydroxylation sites is 1. The third-order valence-corrected chi connectivity index (χ3v) is 5.15. The van der Waals surface area contributed by atoms with E-state index in [1.54, 1.807) is 12.1 Å². The van der Waals surface area contributed by atoms with Gasteiger partial charge in [-0.2, -0.15) is 0 Å². The van der Waals surface area contributed by atoms with E-state index in [1.807, 2.05) is 42.3 Å². The van der Waals surface area contributed by atoms with Crippen LogP contribution in [0.3, 0.4) is 0 Å². The zero-order chi connectivity index (χ0) is 18.8. The van der Waals surface area contributed by atoms with Gasteiger partial charge in [-0.15, -0.1) is 0 Å². The number of carbonyl (C=O) groups excluding carboxylic acids is 1. The van der Waals surface area contributed by atoms with Crippen molar-refractivity contribution in [2.75, 3.05) is 26.7 Å². The van der Waals surface area contributed by atoms with E-state index in [0.717, 1.165) is 42.5 Å². The summed E-state index contributed by atoms with van der Waals surface area (Å²) in [5.74, 6) is 0.239. The lowest BCUT2D eigenvalue weighted by atomic mass is 10.0. The zero-order valence-electron chi connectivity index (χ0n) is 15.3. The fraction of sp³-hybridized carbons (Fsp3) is 0.273. The first-order valence-electron chi connectivity index (χ1n) is 9.25. The van der Waals surface area contributed by atoms with Crippen LogP contribution < -0.4 is 5.32 Å². The van der Waals surface area contributed by atoms with Crippen LogP contribution in [0.2, 0.25) is 0 Å². The Morgan fingerprint density at radius 1 is 1.22 bits per heavy atom. The van der Waals surface area contributed by atoms with Crippen LogP contribution in [0.1, 0.15) is 16.8 Å². The van der Waals surface area contributed by atoms with Crippen LogP contribution in [0.25, 0.3) is 22.2 Å². The average Bonchev–Trinajstić information content (AvgIpc) is 3.16. The highest BCUT2D eigenvalue weighted by atomic mass is 19.1. The van der Waals surface area contributed by atoms with Crippen LogP contribution in [-0.4, -0.2) is 42.5 Å². The first-order chi connectivity index (χ1) is 13.2. The molecule has 2 aromatic carbocycles. The van der Waals surface area contributed by atoms with Crippen LogP contribution in [0.5, 0.6) is 0 Å². The molecule has 3 aromatic rings. The van der Waals surface area contributed by atoms with E-state index in [-0.39, 0.29) is 11.7 Å². The van der Waals surface area contributed by atoms with Gasteiger partial charge in [-0.05, 0) is 62.3 Å². The van der Waals surface area contributed by atoms with Crippen molar-refractivity contribution in [1.29, 1.82) is 0 Å². The van der Waals surface area contributed by atoms with Crippen molar-refractivity contribution in [3.8, 4) is 11.3 Å². The number of amides is 1. The highest BCUT2D eigenvalue weighted by Gasteiger charge is 2.27. The van der Waals surface area contributed by atoms with E-state index in [1.165, 1.54) is 12.1 Å². The SMILES string of the molecule is CNCC1CCN(C(=O)c2cc(-c3ccc(F)cc3)nc3ccccc23)C1. The standard InChI is InChI=1S/C22H22FN3O/c1-24-13-15-10-11-26(14-15)22(27)19-12-21(16-6-8-17(23)9-7-16)25-20-5-3-2-4-18(19)20/h2-9,12,15,24H,10-11,13-14H2,1H3. The summed E-state index contributed by atoms with van der Waals surface area (Å²) in [4.78, 5) is 19.9. The Bertz CT molecular complexity index is 971. The molecule has 1 aliphatic rings. The number of nitrogens with zero attached hydrogens (tertiary/aromatic N) is 2. The first kappa shape index (κ1) is 17.6. The van der Waals surface area contributed by atoms with Crippen LogP contribution in [0, 0.1) is 11.7 Å². The van der Waals surface area contributed by atoms with Gasteiger partial charge in [-0.25, -0.2) is 9.37 Å². The van der Waals surface area contributed by atoms with E-state index in [4.69, 9.17) is 0 Å². The van der Waals surface area contributed by atoms with Crippen LogP contribution in [0.15, 0.2) is 54.6 Å². The molecule has 1 unspecified atom stereocenters. The molecule has 1 atom stereocenters. The number of rotatable bonds is 4. The Morgan fingerprint density at radius 2 is 2.00 bits per heavy atom. The van der Waals surface area contributed by atoms with Gasteiger partial charge >= 0.3 is 0 Å². The molecule has 138 valence electrons. The smallest absolute Gasteiger partial charge is 0.254 e. The summed E-state index contributed by atoms with van der Waals surface area (Å²) in [7, 11) is 1.94. The normalized spacial score (nSPS) is 16.8. The fourth-order valence-electron chi connectivity index (χ4n) is 3.76. The minimum Gasteiger partial charge on any atom is -0.338 e. The number of hydrogen-bond acceptors (Lipinski definition) is 3.